The average molecular weight is 201 g/mol. The van der Waals surface area contributed by atoms with Crippen molar-refractivity contribution in [3.05, 3.63) is 11.5 Å². The van der Waals surface area contributed by atoms with E-state index >= 15 is 0 Å². The van der Waals surface area contributed by atoms with Gasteiger partial charge in [0.2, 0.25) is 0 Å². The molecular formula is C9H15NS2. The van der Waals surface area contributed by atoms with Crippen molar-refractivity contribution in [1.29, 1.82) is 0 Å². The first-order valence-corrected chi connectivity index (χ1v) is 6.38. The van der Waals surface area contributed by atoms with Crippen LogP contribution in [0.25, 0.3) is 0 Å². The van der Waals surface area contributed by atoms with Crippen molar-refractivity contribution in [3.8, 4) is 0 Å². The molecule has 0 radical (unpaired) electrons. The van der Waals surface area contributed by atoms with Crippen LogP contribution in [0, 0.1) is 0 Å². The van der Waals surface area contributed by atoms with Crippen LogP contribution >= 0.6 is 23.5 Å². The predicted molar refractivity (Wildman–Crippen MR) is 61.0 cm³/mol. The van der Waals surface area contributed by atoms with Crippen LogP contribution in [-0.2, 0) is 0 Å². The van der Waals surface area contributed by atoms with Gasteiger partial charge in [-0.1, -0.05) is 31.5 Å². The van der Waals surface area contributed by atoms with Crippen LogP contribution in [0.2, 0.25) is 0 Å². The summed E-state index contributed by atoms with van der Waals surface area (Å²) in [6, 6.07) is 0. The minimum Gasteiger partial charge on any atom is -0.268 e. The molecule has 1 nitrogen and oxygen atoms in total. The monoisotopic (exact) mass is 201 g/mol. The van der Waals surface area contributed by atoms with Crippen LogP contribution in [0.15, 0.2) is 16.5 Å². The minimum atomic E-state index is 0.423. The third-order valence-corrected chi connectivity index (χ3v) is 3.92. The Hall–Kier alpha value is 0.110. The van der Waals surface area contributed by atoms with Crippen LogP contribution in [0.4, 0.5) is 0 Å². The predicted octanol–water partition coefficient (Wildman–Crippen LogP) is 3.52. The molecular weight excluding hydrogens is 186 g/mol. The number of hydrogen-bond donors (Lipinski definition) is 0. The van der Waals surface area contributed by atoms with Crippen molar-refractivity contribution >= 4 is 29.7 Å². The zero-order chi connectivity index (χ0) is 8.65. The Bertz CT molecular complexity index is 166. The minimum absolute atomic E-state index is 0.423. The van der Waals surface area contributed by atoms with E-state index in [1.165, 1.54) is 25.0 Å². The van der Waals surface area contributed by atoms with Crippen molar-refractivity contribution < 1.29 is 0 Å². The number of aliphatic imine (C=N–C) groups is 1. The first-order chi connectivity index (χ1) is 5.93. The van der Waals surface area contributed by atoms with E-state index in [4.69, 9.17) is 0 Å². The summed E-state index contributed by atoms with van der Waals surface area (Å²) in [5.41, 5.74) is 0. The van der Waals surface area contributed by atoms with E-state index in [2.05, 4.69) is 17.3 Å². The lowest BCUT2D eigenvalue weighted by molar-refractivity contribution is 0.778. The maximum absolute atomic E-state index is 4.34. The standard InChI is InChI=1S/C9H15NS2/c1-2-3-4-7-11-9-10-6-5-8-12-9/h5-6,8-9H,2-4,7H2,1H3. The fourth-order valence-corrected chi connectivity index (χ4v) is 2.88. The summed E-state index contributed by atoms with van der Waals surface area (Å²) in [6.07, 6.45) is 7.88. The Labute approximate surface area is 83.1 Å². The molecule has 0 saturated heterocycles. The van der Waals surface area contributed by atoms with Crippen LogP contribution in [-0.4, -0.2) is 16.7 Å². The van der Waals surface area contributed by atoms with E-state index in [0.29, 0.717) is 4.71 Å². The highest BCUT2D eigenvalue weighted by Crippen LogP contribution is 2.28. The van der Waals surface area contributed by atoms with Gasteiger partial charge in [0, 0.05) is 6.21 Å². The van der Waals surface area contributed by atoms with Gasteiger partial charge in [-0.3, -0.25) is 4.99 Å². The Kier molecular flexibility index (Phi) is 5.61. The van der Waals surface area contributed by atoms with Crippen molar-refractivity contribution in [2.45, 2.75) is 30.9 Å². The van der Waals surface area contributed by atoms with E-state index in [0.717, 1.165) is 0 Å². The molecule has 1 aliphatic heterocycles. The number of hydrogen-bond acceptors (Lipinski definition) is 3. The highest BCUT2D eigenvalue weighted by atomic mass is 32.2. The summed E-state index contributed by atoms with van der Waals surface area (Å²) in [5.74, 6) is 1.25. The number of rotatable bonds is 5. The summed E-state index contributed by atoms with van der Waals surface area (Å²) in [4.78, 5) is 4.34. The van der Waals surface area contributed by atoms with Gasteiger partial charge in [0.15, 0.2) is 0 Å². The molecule has 0 aliphatic carbocycles. The van der Waals surface area contributed by atoms with Crippen LogP contribution < -0.4 is 0 Å². The van der Waals surface area contributed by atoms with Crippen LogP contribution in [0.3, 0.4) is 0 Å². The summed E-state index contributed by atoms with van der Waals surface area (Å²) in [7, 11) is 0. The first-order valence-electron chi connectivity index (χ1n) is 4.39. The first kappa shape index (κ1) is 10.2. The van der Waals surface area contributed by atoms with Gasteiger partial charge in [0.1, 0.15) is 4.71 Å². The Morgan fingerprint density at radius 1 is 1.50 bits per heavy atom. The van der Waals surface area contributed by atoms with E-state index in [1.54, 1.807) is 11.8 Å². The van der Waals surface area contributed by atoms with E-state index < -0.39 is 0 Å². The number of unbranched alkanes of at least 4 members (excludes halogenated alkanes) is 2. The Morgan fingerprint density at radius 3 is 3.08 bits per heavy atom. The highest BCUT2D eigenvalue weighted by Gasteiger charge is 2.05. The second-order valence-corrected chi connectivity index (χ2v) is 5.13. The van der Waals surface area contributed by atoms with E-state index in [9.17, 15) is 0 Å². The van der Waals surface area contributed by atoms with Gasteiger partial charge in [-0.25, -0.2) is 0 Å². The third-order valence-electron chi connectivity index (χ3n) is 1.58. The highest BCUT2D eigenvalue weighted by molar-refractivity contribution is 8.18. The fourth-order valence-electron chi connectivity index (χ4n) is 0.921. The summed E-state index contributed by atoms with van der Waals surface area (Å²) < 4.78 is 0.423. The van der Waals surface area contributed by atoms with Crippen molar-refractivity contribution in [2.24, 2.45) is 4.99 Å². The lowest BCUT2D eigenvalue weighted by Gasteiger charge is -2.10. The van der Waals surface area contributed by atoms with Gasteiger partial charge in [-0.2, -0.15) is 0 Å². The maximum Gasteiger partial charge on any atom is 0.145 e. The molecule has 0 aromatic carbocycles. The molecule has 0 aromatic heterocycles. The molecule has 0 saturated carbocycles. The summed E-state index contributed by atoms with van der Waals surface area (Å²) >= 11 is 3.76. The maximum atomic E-state index is 4.34. The molecule has 1 atom stereocenters. The van der Waals surface area contributed by atoms with Gasteiger partial charge in [-0.05, 0) is 23.7 Å². The molecule has 0 spiro atoms. The fraction of sp³-hybridized carbons (Fsp3) is 0.667. The van der Waals surface area contributed by atoms with Gasteiger partial charge >= 0.3 is 0 Å². The topological polar surface area (TPSA) is 12.4 Å². The molecule has 0 N–H and O–H groups in total. The third kappa shape index (κ3) is 4.21. The van der Waals surface area contributed by atoms with Crippen LogP contribution in [0.5, 0.6) is 0 Å². The van der Waals surface area contributed by atoms with Gasteiger partial charge in [0.25, 0.3) is 0 Å². The van der Waals surface area contributed by atoms with E-state index in [-0.39, 0.29) is 0 Å². The molecule has 12 heavy (non-hydrogen) atoms. The van der Waals surface area contributed by atoms with Crippen molar-refractivity contribution in [1.82, 2.24) is 0 Å². The Morgan fingerprint density at radius 2 is 2.42 bits per heavy atom. The molecule has 1 heterocycles. The molecule has 1 rings (SSSR count). The molecule has 3 heteroatoms. The van der Waals surface area contributed by atoms with Gasteiger partial charge in [-0.15, -0.1) is 11.8 Å². The molecule has 0 aromatic rings. The normalized spacial score (nSPS) is 21.6. The van der Waals surface area contributed by atoms with E-state index in [1.807, 2.05) is 24.1 Å². The lowest BCUT2D eigenvalue weighted by atomic mass is 10.3. The molecule has 68 valence electrons. The van der Waals surface area contributed by atoms with Gasteiger partial charge < -0.3 is 0 Å². The zero-order valence-electron chi connectivity index (χ0n) is 7.40. The van der Waals surface area contributed by atoms with Crippen LogP contribution in [0.1, 0.15) is 26.2 Å². The number of nitrogens with zero attached hydrogens (tertiary/aromatic N) is 1. The average Bonchev–Trinajstić information content (AvgIpc) is 2.14. The lowest BCUT2D eigenvalue weighted by Crippen LogP contribution is -1.95. The zero-order valence-corrected chi connectivity index (χ0v) is 9.03. The smallest absolute Gasteiger partial charge is 0.145 e. The molecule has 1 aliphatic rings. The second kappa shape index (κ2) is 6.61. The molecule has 0 amide bonds. The number of allylic oxidation sites excluding steroid dienone is 1. The second-order valence-electron chi connectivity index (χ2n) is 2.65. The SMILES string of the molecule is CCCCCSC1N=CC=CS1. The van der Waals surface area contributed by atoms with Crippen molar-refractivity contribution in [3.63, 3.8) is 0 Å². The molecule has 1 unspecified atom stereocenters. The summed E-state index contributed by atoms with van der Waals surface area (Å²) in [5, 5.41) is 2.12. The van der Waals surface area contributed by atoms with Gasteiger partial charge in [0.05, 0.1) is 0 Å². The van der Waals surface area contributed by atoms with Crippen molar-refractivity contribution in [2.75, 3.05) is 5.75 Å². The Balaban J connectivity index is 2.00. The number of thioether (sulfide) groups is 2. The molecule has 0 bridgehead atoms. The molecule has 0 fully saturated rings. The quantitative estimate of drug-likeness (QED) is 0.631. The summed E-state index contributed by atoms with van der Waals surface area (Å²) in [6.45, 7) is 2.24. The largest absolute Gasteiger partial charge is 0.268 e.